The fraction of sp³-hybridized carbons (Fsp3) is 0.935. The van der Waals surface area contributed by atoms with E-state index in [0.717, 1.165) is 55.8 Å². The highest BCUT2D eigenvalue weighted by Crippen LogP contribution is 2.71. The Morgan fingerprint density at radius 1 is 0.583 bits per heavy atom. The molecule has 0 aromatic rings. The molecule has 8 rings (SSSR count). The number of ketones is 1. The second-order valence-corrected chi connectivity index (χ2v) is 21.0. The summed E-state index contributed by atoms with van der Waals surface area (Å²) in [6.45, 7) is 35.1. The van der Waals surface area contributed by atoms with Gasteiger partial charge in [-0.05, 0) is 158 Å². The molecule has 8 aliphatic carbocycles. The molecular formula is C46H80O2. The van der Waals surface area contributed by atoms with Crippen LogP contribution in [0, 0.1) is 72.9 Å². The summed E-state index contributed by atoms with van der Waals surface area (Å²) in [6.07, 6.45) is 20.5. The van der Waals surface area contributed by atoms with E-state index in [1.807, 2.05) is 0 Å². The van der Waals surface area contributed by atoms with E-state index < -0.39 is 0 Å². The minimum Gasteiger partial charge on any atom is -0.393 e. The van der Waals surface area contributed by atoms with Gasteiger partial charge in [0.15, 0.2) is 0 Å². The summed E-state index contributed by atoms with van der Waals surface area (Å²) >= 11 is 0. The highest BCUT2D eigenvalue weighted by atomic mass is 16.3. The first kappa shape index (κ1) is 38.6. The van der Waals surface area contributed by atoms with Crippen molar-refractivity contribution >= 4 is 5.78 Å². The zero-order valence-corrected chi connectivity index (χ0v) is 34.3. The van der Waals surface area contributed by atoms with Crippen LogP contribution in [0.5, 0.6) is 0 Å². The van der Waals surface area contributed by atoms with Crippen molar-refractivity contribution in [3.63, 3.8) is 0 Å². The van der Waals surface area contributed by atoms with E-state index in [1.54, 1.807) is 5.57 Å². The van der Waals surface area contributed by atoms with E-state index in [9.17, 15) is 9.90 Å². The van der Waals surface area contributed by atoms with E-state index in [-0.39, 0.29) is 16.9 Å². The molecule has 2 heteroatoms. The lowest BCUT2D eigenvalue weighted by Gasteiger charge is -2.41. The molecule has 0 radical (unpaired) electrons. The molecule has 2 nitrogen and oxygen atoms in total. The van der Waals surface area contributed by atoms with E-state index in [0.29, 0.717) is 44.2 Å². The molecule has 0 amide bonds. The minimum atomic E-state index is -0.0174. The van der Waals surface area contributed by atoms with Crippen molar-refractivity contribution < 1.29 is 9.90 Å². The van der Waals surface area contributed by atoms with Gasteiger partial charge in [-0.15, -0.1) is 0 Å². The van der Waals surface area contributed by atoms with Crippen molar-refractivity contribution in [2.24, 2.45) is 72.9 Å². The molecule has 276 valence electrons. The topological polar surface area (TPSA) is 37.3 Å². The zero-order chi connectivity index (χ0) is 35.9. The molecule has 10 atom stereocenters. The van der Waals surface area contributed by atoms with Crippen molar-refractivity contribution in [1.29, 1.82) is 0 Å². The molecule has 0 aromatic carbocycles. The lowest BCUT2D eigenvalue weighted by Crippen LogP contribution is -2.37. The first-order chi connectivity index (χ1) is 22.2. The highest BCUT2D eigenvalue weighted by molar-refractivity contribution is 5.89. The van der Waals surface area contributed by atoms with Crippen LogP contribution in [0.2, 0.25) is 0 Å². The zero-order valence-electron chi connectivity index (χ0n) is 34.3. The molecule has 0 aliphatic heterocycles. The van der Waals surface area contributed by atoms with Crippen LogP contribution in [0.3, 0.4) is 0 Å². The monoisotopic (exact) mass is 665 g/mol. The number of rotatable bonds is 4. The van der Waals surface area contributed by atoms with Crippen LogP contribution < -0.4 is 0 Å². The van der Waals surface area contributed by atoms with Crippen molar-refractivity contribution in [3.8, 4) is 0 Å². The molecule has 0 aromatic heterocycles. The van der Waals surface area contributed by atoms with Gasteiger partial charge in [0.2, 0.25) is 0 Å². The third kappa shape index (κ3) is 4.87. The normalized spacial score (nSPS) is 47.0. The number of fused-ring (bicyclic) bond motifs is 8. The fourth-order valence-corrected chi connectivity index (χ4v) is 15.8. The molecule has 1 N–H and O–H groups in total. The summed E-state index contributed by atoms with van der Waals surface area (Å²) in [6, 6.07) is 0. The Morgan fingerprint density at radius 3 is 1.23 bits per heavy atom. The average Bonchev–Trinajstić information content (AvgIpc) is 3.81. The third-order valence-corrected chi connectivity index (χ3v) is 20.2. The number of hydrogen-bond acceptors (Lipinski definition) is 2. The Labute approximate surface area is 298 Å². The molecule has 0 spiro atoms. The number of carbonyl (C=O) groups excluding carboxylic acids is 1. The Hall–Kier alpha value is -0.630. The van der Waals surface area contributed by atoms with E-state index in [2.05, 4.69) is 96.6 Å². The number of allylic oxidation sites excluding steroid dienone is 1. The maximum atomic E-state index is 11.8. The van der Waals surface area contributed by atoms with Crippen LogP contribution in [0.1, 0.15) is 193 Å². The van der Waals surface area contributed by atoms with E-state index in [1.165, 1.54) is 70.6 Å². The Kier molecular flexibility index (Phi) is 10.1. The van der Waals surface area contributed by atoms with Crippen LogP contribution in [-0.4, -0.2) is 17.0 Å². The van der Waals surface area contributed by atoms with Crippen LogP contribution in [0.15, 0.2) is 12.2 Å². The van der Waals surface area contributed by atoms with Gasteiger partial charge in [0.05, 0.1) is 6.10 Å². The fourth-order valence-electron chi connectivity index (χ4n) is 15.8. The van der Waals surface area contributed by atoms with Crippen LogP contribution in [0.4, 0.5) is 0 Å². The molecule has 8 bridgehead atoms. The summed E-state index contributed by atoms with van der Waals surface area (Å²) in [5, 5.41) is 10.0. The third-order valence-electron chi connectivity index (χ3n) is 20.2. The summed E-state index contributed by atoms with van der Waals surface area (Å²) in [7, 11) is 0. The molecule has 48 heavy (non-hydrogen) atoms. The Balaban J connectivity index is 0.000000125. The second-order valence-electron chi connectivity index (χ2n) is 21.0. The van der Waals surface area contributed by atoms with E-state index >= 15 is 0 Å². The number of aliphatic hydroxyl groups is 1. The van der Waals surface area contributed by atoms with Crippen LogP contribution in [0.25, 0.3) is 0 Å². The van der Waals surface area contributed by atoms with Crippen molar-refractivity contribution in [1.82, 2.24) is 0 Å². The van der Waals surface area contributed by atoms with Gasteiger partial charge in [-0.3, -0.25) is 4.79 Å². The quantitative estimate of drug-likeness (QED) is 0.304. The minimum absolute atomic E-state index is 0.0174. The summed E-state index contributed by atoms with van der Waals surface area (Å²) in [5.74, 6) is 4.97. The van der Waals surface area contributed by atoms with Gasteiger partial charge >= 0.3 is 0 Å². The number of carbonyl (C=O) groups is 1. The van der Waals surface area contributed by atoms with Gasteiger partial charge in [0.25, 0.3) is 0 Å². The summed E-state index contributed by atoms with van der Waals surface area (Å²) in [5.41, 5.74) is 4.95. The molecule has 8 aliphatic rings. The SMILES string of the molecule is C=C1CC2CCC1(CC)C2(C)C.CCC12CCC(CC1=O)C2(C)C.CCC12CCC(CC1C)C2(C)C.CCC12CCC(CC1O)C2(C)C. The van der Waals surface area contributed by atoms with Gasteiger partial charge in [0, 0.05) is 17.3 Å². The average molecular weight is 665 g/mol. The van der Waals surface area contributed by atoms with Gasteiger partial charge in [0.1, 0.15) is 5.78 Å². The molecule has 0 saturated heterocycles. The van der Waals surface area contributed by atoms with Crippen molar-refractivity contribution in [3.05, 3.63) is 12.2 Å². The first-order valence-electron chi connectivity index (χ1n) is 21.1. The second kappa shape index (κ2) is 12.5. The van der Waals surface area contributed by atoms with Gasteiger partial charge in [-0.2, -0.15) is 0 Å². The summed E-state index contributed by atoms with van der Waals surface area (Å²) < 4.78 is 0. The molecule has 10 unspecified atom stereocenters. The van der Waals surface area contributed by atoms with Gasteiger partial charge < -0.3 is 5.11 Å². The molecular weight excluding hydrogens is 585 g/mol. The first-order valence-corrected chi connectivity index (χ1v) is 21.1. The van der Waals surface area contributed by atoms with Gasteiger partial charge in [-0.1, -0.05) is 102 Å². The summed E-state index contributed by atoms with van der Waals surface area (Å²) in [4.78, 5) is 11.8. The number of aliphatic hydroxyl groups excluding tert-OH is 1. The lowest BCUT2D eigenvalue weighted by molar-refractivity contribution is -0.129. The standard InChI is InChI=1S/C12H22.C12H20.C11H20O.C11H18O/c2*1-5-12-7-6-10(8-9(12)2)11(12,3)4;2*1-4-11-6-5-8(7-9(11)12)10(11,2)3/h9-10H,5-8H2,1-4H3;10H,2,5-8H2,1,3-4H3;8-9,12H,4-7H2,1-3H3;8H,4-7H2,1-3H3. The smallest absolute Gasteiger partial charge is 0.139 e. The van der Waals surface area contributed by atoms with E-state index in [4.69, 9.17) is 0 Å². The maximum Gasteiger partial charge on any atom is 0.139 e. The Morgan fingerprint density at radius 2 is 1.02 bits per heavy atom. The Bertz CT molecular complexity index is 1130. The highest BCUT2D eigenvalue weighted by Gasteiger charge is 2.64. The van der Waals surface area contributed by atoms with Crippen molar-refractivity contribution in [2.75, 3.05) is 0 Å². The number of hydrogen-bond donors (Lipinski definition) is 1. The maximum absolute atomic E-state index is 11.8. The predicted molar refractivity (Wildman–Crippen MR) is 205 cm³/mol. The largest absolute Gasteiger partial charge is 0.393 e. The van der Waals surface area contributed by atoms with Crippen molar-refractivity contribution in [2.45, 2.75) is 199 Å². The van der Waals surface area contributed by atoms with Crippen LogP contribution in [-0.2, 0) is 4.79 Å². The molecule has 0 heterocycles. The molecule has 8 fully saturated rings. The van der Waals surface area contributed by atoms with Gasteiger partial charge in [-0.25, -0.2) is 0 Å². The van der Waals surface area contributed by atoms with Crippen LogP contribution >= 0.6 is 0 Å². The predicted octanol–water partition coefficient (Wildman–Crippen LogP) is 13.0. The number of Topliss-reactive ketones (excluding diaryl/α,β-unsaturated/α-hetero) is 1. The molecule has 8 saturated carbocycles. The lowest BCUT2D eigenvalue weighted by atomic mass is 9.64.